The number of halogens is 2. The molecule has 1 aliphatic heterocycles. The van der Waals surface area contributed by atoms with E-state index in [1.54, 1.807) is 0 Å². The fourth-order valence-electron chi connectivity index (χ4n) is 2.65. The summed E-state index contributed by atoms with van der Waals surface area (Å²) in [5.41, 5.74) is 0.359. The molecular formula is C16H19F2NO4. The maximum Gasteiger partial charge on any atom is 0.341 e. The molecule has 2 atom stereocenters. The number of hydrogen-bond acceptors (Lipinski definition) is 3. The molecule has 1 aliphatic rings. The second kappa shape index (κ2) is 6.52. The largest absolute Gasteiger partial charge is 0.482 e. The summed E-state index contributed by atoms with van der Waals surface area (Å²) in [4.78, 5) is 24.3. The summed E-state index contributed by atoms with van der Waals surface area (Å²) < 4.78 is 32.6. The summed E-state index contributed by atoms with van der Waals surface area (Å²) in [5.74, 6) is -5.64. The number of rotatable bonds is 4. The Balaban J connectivity index is 2.04. The number of amides is 1. The zero-order valence-corrected chi connectivity index (χ0v) is 13.0. The monoisotopic (exact) mass is 327 g/mol. The van der Waals surface area contributed by atoms with Gasteiger partial charge in [-0.1, -0.05) is 13.8 Å². The molecule has 0 saturated carbocycles. The number of aliphatic carboxylic acids is 1. The van der Waals surface area contributed by atoms with Crippen LogP contribution in [0.1, 0.15) is 24.2 Å². The molecule has 1 heterocycles. The number of hydrogen-bond donors (Lipinski definition) is 1. The van der Waals surface area contributed by atoms with Crippen molar-refractivity contribution in [2.75, 3.05) is 19.7 Å². The van der Waals surface area contributed by atoms with Gasteiger partial charge in [-0.2, -0.15) is 0 Å². The van der Waals surface area contributed by atoms with Gasteiger partial charge in [0, 0.05) is 30.5 Å². The summed E-state index contributed by atoms with van der Waals surface area (Å²) in [6, 6.07) is 5.98. The second-order valence-corrected chi connectivity index (χ2v) is 5.89. The molecular weight excluding hydrogens is 308 g/mol. The average Bonchev–Trinajstić information content (AvgIpc) is 2.50. The summed E-state index contributed by atoms with van der Waals surface area (Å²) in [6.45, 7) is 2.43. The molecule has 1 N–H and O–H groups in total. The number of carboxylic acids is 1. The van der Waals surface area contributed by atoms with Crippen molar-refractivity contribution < 1.29 is 28.2 Å². The van der Waals surface area contributed by atoms with Gasteiger partial charge >= 0.3 is 5.97 Å². The van der Waals surface area contributed by atoms with Crippen molar-refractivity contribution in [2.45, 2.75) is 19.8 Å². The van der Waals surface area contributed by atoms with E-state index in [4.69, 9.17) is 9.84 Å². The number of alkyl halides is 2. The van der Waals surface area contributed by atoms with Crippen molar-refractivity contribution >= 4 is 11.9 Å². The zero-order chi connectivity index (χ0) is 17.2. The lowest BCUT2D eigenvalue weighted by Gasteiger charge is -2.41. The Bertz CT molecular complexity index is 574. The van der Waals surface area contributed by atoms with Crippen LogP contribution in [0.5, 0.6) is 5.75 Å². The second-order valence-electron chi connectivity index (χ2n) is 5.89. The predicted molar refractivity (Wildman–Crippen MR) is 78.8 cm³/mol. The molecule has 1 amide bonds. The van der Waals surface area contributed by atoms with Gasteiger partial charge < -0.3 is 14.7 Å². The molecule has 2 unspecified atom stereocenters. The van der Waals surface area contributed by atoms with E-state index >= 15 is 0 Å². The topological polar surface area (TPSA) is 66.8 Å². The Morgan fingerprint density at radius 2 is 1.74 bits per heavy atom. The summed E-state index contributed by atoms with van der Waals surface area (Å²) in [6.07, 6.45) is 0. The smallest absolute Gasteiger partial charge is 0.341 e. The third kappa shape index (κ3) is 3.78. The molecule has 2 rings (SSSR count). The Kier molecular flexibility index (Phi) is 4.87. The van der Waals surface area contributed by atoms with E-state index in [9.17, 15) is 18.4 Å². The van der Waals surface area contributed by atoms with Crippen molar-refractivity contribution in [3.8, 4) is 5.75 Å². The Morgan fingerprint density at radius 3 is 2.22 bits per heavy atom. The van der Waals surface area contributed by atoms with Crippen molar-refractivity contribution in [2.24, 2.45) is 11.8 Å². The van der Waals surface area contributed by atoms with Gasteiger partial charge in [-0.05, 0) is 24.3 Å². The van der Waals surface area contributed by atoms with E-state index in [-0.39, 0.29) is 19.0 Å². The van der Waals surface area contributed by atoms with Crippen LogP contribution in [0.3, 0.4) is 0 Å². The van der Waals surface area contributed by atoms with Gasteiger partial charge in [-0.15, -0.1) is 0 Å². The van der Waals surface area contributed by atoms with Crippen LogP contribution in [0.25, 0.3) is 0 Å². The van der Waals surface area contributed by atoms with Gasteiger partial charge in [-0.3, -0.25) is 4.79 Å². The first kappa shape index (κ1) is 17.2. The SMILES string of the molecule is CC1CN(C(=O)c2ccc(OCC(=O)O)cc2)CC(C)C1(F)F. The van der Waals surface area contributed by atoms with E-state index in [1.807, 2.05) is 0 Å². The quantitative estimate of drug-likeness (QED) is 0.923. The molecule has 0 aliphatic carbocycles. The molecule has 1 fully saturated rings. The number of carbonyl (C=O) groups is 2. The van der Waals surface area contributed by atoms with Crippen LogP contribution in [-0.4, -0.2) is 47.5 Å². The number of piperidine rings is 1. The third-order valence-corrected chi connectivity index (χ3v) is 4.05. The van der Waals surface area contributed by atoms with Crippen LogP contribution in [0.2, 0.25) is 0 Å². The van der Waals surface area contributed by atoms with Crippen LogP contribution < -0.4 is 4.74 Å². The van der Waals surface area contributed by atoms with E-state index in [0.717, 1.165) is 0 Å². The van der Waals surface area contributed by atoms with Crippen molar-refractivity contribution in [1.82, 2.24) is 4.90 Å². The molecule has 0 bridgehead atoms. The fraction of sp³-hybridized carbons (Fsp3) is 0.500. The molecule has 1 aromatic rings. The standard InChI is InChI=1S/C16H19F2NO4/c1-10-7-19(8-11(2)16(10,17)18)15(22)12-3-5-13(6-4-12)23-9-14(20)21/h3-6,10-11H,7-9H2,1-2H3,(H,20,21). The van der Waals surface area contributed by atoms with Crippen molar-refractivity contribution in [3.05, 3.63) is 29.8 Å². The van der Waals surface area contributed by atoms with Crippen LogP contribution in [0.15, 0.2) is 24.3 Å². The molecule has 1 saturated heterocycles. The van der Waals surface area contributed by atoms with Crippen molar-refractivity contribution in [3.63, 3.8) is 0 Å². The number of nitrogens with zero attached hydrogens (tertiary/aromatic N) is 1. The van der Waals surface area contributed by atoms with Gasteiger partial charge in [0.1, 0.15) is 5.75 Å². The molecule has 7 heteroatoms. The normalized spacial score (nSPS) is 23.4. The highest BCUT2D eigenvalue weighted by atomic mass is 19.3. The minimum absolute atomic E-state index is 0.00738. The minimum Gasteiger partial charge on any atom is -0.482 e. The van der Waals surface area contributed by atoms with Gasteiger partial charge in [0.25, 0.3) is 11.8 Å². The van der Waals surface area contributed by atoms with E-state index < -0.39 is 30.3 Å². The van der Waals surface area contributed by atoms with E-state index in [1.165, 1.54) is 43.0 Å². The van der Waals surface area contributed by atoms with Crippen LogP contribution >= 0.6 is 0 Å². The number of benzene rings is 1. The van der Waals surface area contributed by atoms with Gasteiger partial charge in [-0.25, -0.2) is 13.6 Å². The molecule has 0 aromatic heterocycles. The van der Waals surface area contributed by atoms with Crippen LogP contribution in [-0.2, 0) is 4.79 Å². The highest BCUT2D eigenvalue weighted by molar-refractivity contribution is 5.94. The lowest BCUT2D eigenvalue weighted by molar-refractivity contribution is -0.139. The number of likely N-dealkylation sites (tertiary alicyclic amines) is 1. The van der Waals surface area contributed by atoms with E-state index in [0.29, 0.717) is 11.3 Å². The zero-order valence-electron chi connectivity index (χ0n) is 13.0. The number of carboxylic acid groups (broad SMARTS) is 1. The first-order chi connectivity index (χ1) is 10.7. The fourth-order valence-corrected chi connectivity index (χ4v) is 2.65. The van der Waals surface area contributed by atoms with E-state index in [2.05, 4.69) is 0 Å². The van der Waals surface area contributed by atoms with Crippen LogP contribution in [0.4, 0.5) is 8.78 Å². The molecule has 0 spiro atoms. The molecule has 1 aromatic carbocycles. The first-order valence-electron chi connectivity index (χ1n) is 7.33. The van der Waals surface area contributed by atoms with Crippen molar-refractivity contribution in [1.29, 1.82) is 0 Å². The Hall–Kier alpha value is -2.18. The third-order valence-electron chi connectivity index (χ3n) is 4.05. The Labute approximate surface area is 132 Å². The predicted octanol–water partition coefficient (Wildman–Crippen LogP) is 2.51. The van der Waals surface area contributed by atoms with Gasteiger partial charge in [0.2, 0.25) is 0 Å². The molecule has 126 valence electrons. The number of carbonyl (C=O) groups excluding carboxylic acids is 1. The lowest BCUT2D eigenvalue weighted by Crippen LogP contribution is -2.53. The summed E-state index contributed by atoms with van der Waals surface area (Å²) in [7, 11) is 0. The number of ether oxygens (including phenoxy) is 1. The van der Waals surface area contributed by atoms with Gasteiger partial charge in [0.15, 0.2) is 6.61 Å². The summed E-state index contributed by atoms with van der Waals surface area (Å²) in [5, 5.41) is 8.53. The first-order valence-corrected chi connectivity index (χ1v) is 7.33. The highest BCUT2D eigenvalue weighted by Gasteiger charge is 2.48. The minimum atomic E-state index is -2.77. The maximum absolute atomic E-state index is 13.8. The molecule has 5 nitrogen and oxygen atoms in total. The highest BCUT2D eigenvalue weighted by Crippen LogP contribution is 2.37. The van der Waals surface area contributed by atoms with Gasteiger partial charge in [0.05, 0.1) is 0 Å². The lowest BCUT2D eigenvalue weighted by atomic mass is 9.87. The Morgan fingerprint density at radius 1 is 1.22 bits per heavy atom. The van der Waals surface area contributed by atoms with Crippen LogP contribution in [0, 0.1) is 11.8 Å². The maximum atomic E-state index is 13.8. The average molecular weight is 327 g/mol. The molecule has 0 radical (unpaired) electrons. The molecule has 23 heavy (non-hydrogen) atoms. The summed E-state index contributed by atoms with van der Waals surface area (Å²) >= 11 is 0.